The van der Waals surface area contributed by atoms with E-state index in [-0.39, 0.29) is 41.4 Å². The summed E-state index contributed by atoms with van der Waals surface area (Å²) < 4.78 is 31.2. The van der Waals surface area contributed by atoms with Crippen LogP contribution in [0, 0.1) is 0 Å². The lowest BCUT2D eigenvalue weighted by molar-refractivity contribution is 0.0109. The van der Waals surface area contributed by atoms with Crippen LogP contribution >= 0.6 is 23.2 Å². The van der Waals surface area contributed by atoms with Gasteiger partial charge in [0.15, 0.2) is 0 Å². The van der Waals surface area contributed by atoms with Crippen LogP contribution in [0.3, 0.4) is 0 Å². The van der Waals surface area contributed by atoms with Crippen LogP contribution in [0.1, 0.15) is 0 Å². The average Bonchev–Trinajstić information content (AvgIpc) is 2.41. The predicted molar refractivity (Wildman–Crippen MR) is 69.8 cm³/mol. The van der Waals surface area contributed by atoms with Gasteiger partial charge in [-0.3, -0.25) is 0 Å². The van der Waals surface area contributed by atoms with Gasteiger partial charge in [0.1, 0.15) is 10.0 Å². The highest BCUT2D eigenvalue weighted by atomic mass is 35.5. The van der Waals surface area contributed by atoms with Crippen molar-refractivity contribution in [2.45, 2.75) is 10.9 Å². The van der Waals surface area contributed by atoms with Crippen molar-refractivity contribution in [2.24, 2.45) is 0 Å². The summed E-state index contributed by atoms with van der Waals surface area (Å²) in [6, 6.07) is 0.643. The van der Waals surface area contributed by atoms with Crippen molar-refractivity contribution >= 4 is 33.2 Å². The normalized spacial score (nSPS) is 21.5. The molecule has 0 aliphatic carbocycles. The Morgan fingerprint density at radius 2 is 2.26 bits per heavy atom. The molecule has 1 aliphatic heterocycles. The fraction of sp³-hybridized carbons (Fsp3) is 0.500. The molecule has 2 rings (SSSR count). The fourth-order valence-corrected chi connectivity index (χ4v) is 3.67. The highest BCUT2D eigenvalue weighted by molar-refractivity contribution is 7.89. The number of halogens is 2. The van der Waals surface area contributed by atoms with E-state index in [1.54, 1.807) is 0 Å². The molecule has 1 N–H and O–H groups in total. The van der Waals surface area contributed by atoms with Gasteiger partial charge in [-0.15, -0.1) is 0 Å². The molecule has 1 aliphatic rings. The second-order valence-corrected chi connectivity index (χ2v) is 6.63. The first-order valence-corrected chi connectivity index (χ1v) is 7.68. The van der Waals surface area contributed by atoms with Crippen molar-refractivity contribution in [1.29, 1.82) is 0 Å². The zero-order valence-corrected chi connectivity index (χ0v) is 12.1. The lowest BCUT2D eigenvalue weighted by atomic mass is 10.3. The van der Waals surface area contributed by atoms with Gasteiger partial charge in [-0.1, -0.05) is 23.2 Å². The summed E-state index contributed by atoms with van der Waals surface area (Å²) in [6.45, 7) is 0.302. The number of aliphatic hydroxyl groups excluding tert-OH is 1. The topological polar surface area (TPSA) is 79.7 Å². The summed E-state index contributed by atoms with van der Waals surface area (Å²) in [5, 5.41) is 9.33. The van der Waals surface area contributed by atoms with Crippen LogP contribution in [0.4, 0.5) is 0 Å². The van der Waals surface area contributed by atoms with E-state index >= 15 is 0 Å². The monoisotopic (exact) mass is 326 g/mol. The van der Waals surface area contributed by atoms with E-state index in [0.29, 0.717) is 0 Å². The SMILES string of the molecule is O=S(=O)(c1cnc(Cl)c(Cl)c1)N1CCOCC1CO. The zero-order chi connectivity index (χ0) is 14.0. The van der Waals surface area contributed by atoms with Crippen LogP contribution in [0.2, 0.25) is 10.2 Å². The maximum Gasteiger partial charge on any atom is 0.245 e. The molecule has 1 unspecified atom stereocenters. The van der Waals surface area contributed by atoms with Crippen LogP contribution in [-0.4, -0.2) is 55.2 Å². The summed E-state index contributed by atoms with van der Waals surface area (Å²) in [5.41, 5.74) is 0. The number of aliphatic hydroxyl groups is 1. The summed E-state index contributed by atoms with van der Waals surface area (Å²) >= 11 is 11.4. The van der Waals surface area contributed by atoms with Crippen molar-refractivity contribution in [2.75, 3.05) is 26.4 Å². The highest BCUT2D eigenvalue weighted by Crippen LogP contribution is 2.25. The number of pyridine rings is 1. The van der Waals surface area contributed by atoms with Crippen LogP contribution in [0.15, 0.2) is 17.2 Å². The first-order valence-electron chi connectivity index (χ1n) is 5.48. The van der Waals surface area contributed by atoms with Crippen molar-refractivity contribution in [3.05, 3.63) is 22.4 Å². The third kappa shape index (κ3) is 3.01. The molecule has 0 amide bonds. The molecule has 106 valence electrons. The van der Waals surface area contributed by atoms with E-state index in [1.807, 2.05) is 0 Å². The standard InChI is InChI=1S/C10H12Cl2N2O4S/c11-9-3-8(4-13-10(9)12)19(16,17)14-1-2-18-6-7(14)5-15/h3-4,7,15H,1-2,5-6H2. The third-order valence-corrected chi connectivity index (χ3v) is 5.37. The zero-order valence-electron chi connectivity index (χ0n) is 9.79. The van der Waals surface area contributed by atoms with Crippen LogP contribution < -0.4 is 0 Å². The van der Waals surface area contributed by atoms with Crippen LogP contribution in [-0.2, 0) is 14.8 Å². The number of aromatic nitrogens is 1. The minimum atomic E-state index is -3.77. The molecule has 2 heterocycles. The Hall–Kier alpha value is -0.440. The highest BCUT2D eigenvalue weighted by Gasteiger charge is 2.34. The molecular weight excluding hydrogens is 315 g/mol. The quantitative estimate of drug-likeness (QED) is 0.830. The molecular formula is C10H12Cl2N2O4S. The van der Waals surface area contributed by atoms with Gasteiger partial charge >= 0.3 is 0 Å². The van der Waals surface area contributed by atoms with Gasteiger partial charge in [-0.25, -0.2) is 13.4 Å². The van der Waals surface area contributed by atoms with Crippen LogP contribution in [0.25, 0.3) is 0 Å². The Kier molecular flexibility index (Phi) is 4.65. The van der Waals surface area contributed by atoms with Gasteiger partial charge in [-0.05, 0) is 6.07 Å². The Bertz CT molecular complexity index is 567. The van der Waals surface area contributed by atoms with Crippen molar-refractivity contribution in [1.82, 2.24) is 9.29 Å². The number of morpholine rings is 1. The van der Waals surface area contributed by atoms with Gasteiger partial charge in [-0.2, -0.15) is 4.31 Å². The van der Waals surface area contributed by atoms with Gasteiger partial charge in [0.2, 0.25) is 10.0 Å². The minimum Gasteiger partial charge on any atom is -0.395 e. The molecule has 0 aromatic carbocycles. The molecule has 9 heteroatoms. The van der Waals surface area contributed by atoms with E-state index in [1.165, 1.54) is 10.4 Å². The van der Waals surface area contributed by atoms with E-state index in [9.17, 15) is 13.5 Å². The first kappa shape index (κ1) is 15.0. The second-order valence-electron chi connectivity index (χ2n) is 3.97. The largest absolute Gasteiger partial charge is 0.395 e. The lowest BCUT2D eigenvalue weighted by Gasteiger charge is -2.33. The van der Waals surface area contributed by atoms with Crippen molar-refractivity contribution < 1.29 is 18.3 Å². The molecule has 1 aromatic rings. The molecule has 1 aromatic heterocycles. The van der Waals surface area contributed by atoms with E-state index in [4.69, 9.17) is 27.9 Å². The summed E-state index contributed by atoms with van der Waals surface area (Å²) in [7, 11) is -3.77. The average molecular weight is 327 g/mol. The van der Waals surface area contributed by atoms with Gasteiger partial charge in [0.25, 0.3) is 0 Å². The summed E-state index contributed by atoms with van der Waals surface area (Å²) in [4.78, 5) is 3.67. The smallest absolute Gasteiger partial charge is 0.245 e. The number of rotatable bonds is 3. The van der Waals surface area contributed by atoms with Gasteiger partial charge in [0.05, 0.1) is 30.9 Å². The Morgan fingerprint density at radius 3 is 2.89 bits per heavy atom. The molecule has 6 nitrogen and oxygen atoms in total. The molecule has 0 saturated carbocycles. The number of sulfonamides is 1. The van der Waals surface area contributed by atoms with E-state index in [0.717, 1.165) is 6.20 Å². The Morgan fingerprint density at radius 1 is 1.53 bits per heavy atom. The number of ether oxygens (including phenoxy) is 1. The molecule has 0 spiro atoms. The molecule has 0 bridgehead atoms. The molecule has 1 saturated heterocycles. The summed E-state index contributed by atoms with van der Waals surface area (Å²) in [5.74, 6) is 0. The van der Waals surface area contributed by atoms with Crippen molar-refractivity contribution in [3.8, 4) is 0 Å². The molecule has 1 atom stereocenters. The van der Waals surface area contributed by atoms with E-state index < -0.39 is 16.1 Å². The second kappa shape index (κ2) is 5.90. The van der Waals surface area contributed by atoms with Crippen LogP contribution in [0.5, 0.6) is 0 Å². The maximum absolute atomic E-state index is 12.4. The first-order chi connectivity index (χ1) is 8.96. The lowest BCUT2D eigenvalue weighted by Crippen LogP contribution is -2.50. The fourth-order valence-electron chi connectivity index (χ4n) is 1.78. The molecule has 0 radical (unpaired) electrons. The predicted octanol–water partition coefficient (Wildman–Crippen LogP) is 0.770. The molecule has 19 heavy (non-hydrogen) atoms. The molecule has 1 fully saturated rings. The minimum absolute atomic E-state index is 0.0429. The Balaban J connectivity index is 2.37. The third-order valence-electron chi connectivity index (χ3n) is 2.76. The Labute approximate surface area is 121 Å². The van der Waals surface area contributed by atoms with E-state index in [2.05, 4.69) is 4.98 Å². The van der Waals surface area contributed by atoms with Crippen molar-refractivity contribution in [3.63, 3.8) is 0 Å². The number of hydrogen-bond acceptors (Lipinski definition) is 5. The summed E-state index contributed by atoms with van der Waals surface area (Å²) in [6.07, 6.45) is 1.15. The van der Waals surface area contributed by atoms with Gasteiger partial charge < -0.3 is 9.84 Å². The number of nitrogens with zero attached hydrogens (tertiary/aromatic N) is 2. The number of hydrogen-bond donors (Lipinski definition) is 1. The maximum atomic E-state index is 12.4. The van der Waals surface area contributed by atoms with Gasteiger partial charge in [0, 0.05) is 12.7 Å².